The van der Waals surface area contributed by atoms with E-state index in [4.69, 9.17) is 14.5 Å². The number of nitrogens with zero attached hydrogens (tertiary/aromatic N) is 4. The first kappa shape index (κ1) is 23.8. The van der Waals surface area contributed by atoms with Crippen LogP contribution in [0.1, 0.15) is 12.5 Å². The highest BCUT2D eigenvalue weighted by Gasteiger charge is 2.32. The van der Waals surface area contributed by atoms with Gasteiger partial charge in [-0.25, -0.2) is 9.38 Å². The van der Waals surface area contributed by atoms with Crippen molar-refractivity contribution in [2.75, 3.05) is 69.0 Å². The Morgan fingerprint density at radius 2 is 1.63 bits per heavy atom. The number of likely N-dealkylation sites (N-methyl/N-ethyl adjacent to an activating group) is 1. The van der Waals surface area contributed by atoms with Crippen molar-refractivity contribution in [3.8, 4) is 0 Å². The van der Waals surface area contributed by atoms with Crippen LogP contribution in [0.5, 0.6) is 0 Å². The fourth-order valence-electron chi connectivity index (χ4n) is 4.37. The monoisotopic (exact) mass is 496 g/mol. The number of hydrogen-bond acceptors (Lipinski definition) is 7. The molecule has 9 heteroatoms. The smallest absolute Gasteiger partial charge is 0.266 e. The van der Waals surface area contributed by atoms with E-state index in [1.807, 2.05) is 30.0 Å². The van der Waals surface area contributed by atoms with Crippen molar-refractivity contribution < 1.29 is 18.7 Å². The quantitative estimate of drug-likeness (QED) is 0.581. The van der Waals surface area contributed by atoms with Crippen molar-refractivity contribution in [2.24, 2.45) is 4.99 Å². The molecule has 1 amide bonds. The van der Waals surface area contributed by atoms with Crippen molar-refractivity contribution in [1.29, 1.82) is 0 Å². The minimum atomic E-state index is -0.293. The number of benzene rings is 2. The van der Waals surface area contributed by atoms with Crippen LogP contribution in [0, 0.1) is 5.82 Å². The number of thioether (sulfide) groups is 1. The standard InChI is InChI=1S/C26H29FN4O3S/c1-2-31-25(32)24(18-19-3-8-23(22(27)17-19)30-11-15-34-16-12-30)35-26(31)28-20-4-6-21(7-5-20)29-9-13-33-14-10-29/h3-8,17-18H,2,9-16H2,1H3. The Balaban J connectivity index is 1.33. The maximum Gasteiger partial charge on any atom is 0.266 e. The first-order valence-electron chi connectivity index (χ1n) is 12.0. The first-order valence-corrected chi connectivity index (χ1v) is 12.8. The molecule has 0 N–H and O–H groups in total. The van der Waals surface area contributed by atoms with Crippen molar-refractivity contribution in [3.63, 3.8) is 0 Å². The number of aliphatic imine (C=N–C) groups is 1. The van der Waals surface area contributed by atoms with Gasteiger partial charge in [-0.1, -0.05) is 6.07 Å². The summed E-state index contributed by atoms with van der Waals surface area (Å²) in [6.45, 7) is 8.21. The molecule has 2 aromatic carbocycles. The first-order chi connectivity index (χ1) is 17.1. The molecule has 0 atom stereocenters. The van der Waals surface area contributed by atoms with Crippen LogP contribution < -0.4 is 9.80 Å². The van der Waals surface area contributed by atoms with E-state index in [2.05, 4.69) is 17.0 Å². The third-order valence-electron chi connectivity index (χ3n) is 6.28. The Labute approximate surface area is 209 Å². The van der Waals surface area contributed by atoms with Gasteiger partial charge in [0.1, 0.15) is 5.82 Å². The molecule has 3 saturated heterocycles. The van der Waals surface area contributed by atoms with Gasteiger partial charge in [-0.3, -0.25) is 9.69 Å². The summed E-state index contributed by atoms with van der Waals surface area (Å²) in [7, 11) is 0. The highest BCUT2D eigenvalue weighted by Crippen LogP contribution is 2.35. The van der Waals surface area contributed by atoms with Crippen LogP contribution in [0.2, 0.25) is 0 Å². The molecule has 0 bridgehead atoms. The molecule has 3 fully saturated rings. The van der Waals surface area contributed by atoms with Crippen molar-refractivity contribution in [1.82, 2.24) is 4.90 Å². The van der Waals surface area contributed by atoms with E-state index in [1.54, 1.807) is 17.0 Å². The largest absolute Gasteiger partial charge is 0.378 e. The Hall–Kier alpha value is -2.88. The second kappa shape index (κ2) is 10.8. The fourth-order valence-corrected chi connectivity index (χ4v) is 5.43. The lowest BCUT2D eigenvalue weighted by molar-refractivity contribution is -0.122. The average Bonchev–Trinajstić information content (AvgIpc) is 3.19. The Morgan fingerprint density at radius 1 is 0.971 bits per heavy atom. The van der Waals surface area contributed by atoms with Gasteiger partial charge in [-0.05, 0) is 66.7 Å². The third kappa shape index (κ3) is 5.37. The predicted octanol–water partition coefficient (Wildman–Crippen LogP) is 4.12. The minimum Gasteiger partial charge on any atom is -0.378 e. The molecule has 0 aromatic heterocycles. The van der Waals surface area contributed by atoms with E-state index in [-0.39, 0.29) is 11.7 Å². The second-order valence-corrected chi connectivity index (χ2v) is 9.49. The van der Waals surface area contributed by atoms with Crippen LogP contribution in [0.15, 0.2) is 52.4 Å². The topological polar surface area (TPSA) is 57.6 Å². The summed E-state index contributed by atoms with van der Waals surface area (Å²) >= 11 is 1.32. The number of morpholine rings is 2. The Bertz CT molecular complexity index is 1130. The summed E-state index contributed by atoms with van der Waals surface area (Å²) < 4.78 is 25.6. The third-order valence-corrected chi connectivity index (χ3v) is 7.28. The lowest BCUT2D eigenvalue weighted by atomic mass is 10.1. The SMILES string of the molecule is CCN1C(=O)C(=Cc2ccc(N3CCOCC3)c(F)c2)SC1=Nc1ccc(N2CCOCC2)cc1. The van der Waals surface area contributed by atoms with Gasteiger partial charge in [-0.15, -0.1) is 0 Å². The number of amides is 1. The zero-order valence-corrected chi connectivity index (χ0v) is 20.6. The molecule has 3 aliphatic heterocycles. The molecule has 3 aliphatic rings. The molecular weight excluding hydrogens is 467 g/mol. The van der Waals surface area contributed by atoms with Gasteiger partial charge in [-0.2, -0.15) is 0 Å². The van der Waals surface area contributed by atoms with Crippen molar-refractivity contribution in [3.05, 3.63) is 58.8 Å². The van der Waals surface area contributed by atoms with Crippen LogP contribution in [-0.4, -0.2) is 75.1 Å². The van der Waals surface area contributed by atoms with Crippen LogP contribution in [0.25, 0.3) is 6.08 Å². The van der Waals surface area contributed by atoms with Gasteiger partial charge >= 0.3 is 0 Å². The number of carbonyl (C=O) groups is 1. The Morgan fingerprint density at radius 3 is 2.26 bits per heavy atom. The fraction of sp³-hybridized carbons (Fsp3) is 0.385. The summed E-state index contributed by atoms with van der Waals surface area (Å²) in [5.74, 6) is -0.405. The van der Waals surface area contributed by atoms with E-state index in [1.165, 1.54) is 17.8 Å². The summed E-state index contributed by atoms with van der Waals surface area (Å²) in [5, 5.41) is 0.633. The average molecular weight is 497 g/mol. The Kier molecular flexibility index (Phi) is 7.36. The molecule has 0 spiro atoms. The van der Waals surface area contributed by atoms with Gasteiger partial charge in [0.15, 0.2) is 5.17 Å². The zero-order valence-electron chi connectivity index (χ0n) is 19.8. The maximum atomic E-state index is 14.8. The molecule has 0 radical (unpaired) electrons. The van der Waals surface area contributed by atoms with Crippen molar-refractivity contribution in [2.45, 2.75) is 6.92 Å². The number of ether oxygens (including phenoxy) is 2. The minimum absolute atomic E-state index is 0.112. The van der Waals surface area contributed by atoms with Gasteiger partial charge in [0.2, 0.25) is 0 Å². The van der Waals surface area contributed by atoms with E-state index < -0.39 is 0 Å². The highest BCUT2D eigenvalue weighted by molar-refractivity contribution is 8.18. The lowest BCUT2D eigenvalue weighted by Crippen LogP contribution is -2.36. The molecular formula is C26H29FN4O3S. The van der Waals surface area contributed by atoms with E-state index in [9.17, 15) is 9.18 Å². The molecule has 2 aromatic rings. The maximum absolute atomic E-state index is 14.8. The molecule has 35 heavy (non-hydrogen) atoms. The summed E-state index contributed by atoms with van der Waals surface area (Å²) in [6, 6.07) is 13.2. The molecule has 0 aliphatic carbocycles. The highest BCUT2D eigenvalue weighted by atomic mass is 32.2. The number of halogens is 1. The van der Waals surface area contributed by atoms with Gasteiger partial charge < -0.3 is 19.3 Å². The van der Waals surface area contributed by atoms with E-state index in [0.717, 1.165) is 37.7 Å². The van der Waals surface area contributed by atoms with Gasteiger partial charge in [0.05, 0.1) is 42.7 Å². The number of rotatable bonds is 5. The van der Waals surface area contributed by atoms with Gasteiger partial charge in [0, 0.05) is 38.4 Å². The normalized spacial score (nSPS) is 21.4. The van der Waals surface area contributed by atoms with Crippen LogP contribution in [-0.2, 0) is 14.3 Å². The summed E-state index contributed by atoms with van der Waals surface area (Å²) in [4.78, 5) is 24.2. The van der Waals surface area contributed by atoms with E-state index in [0.29, 0.717) is 54.2 Å². The lowest BCUT2D eigenvalue weighted by Gasteiger charge is -2.29. The molecule has 3 heterocycles. The summed E-state index contributed by atoms with van der Waals surface area (Å²) in [6.07, 6.45) is 1.74. The van der Waals surface area contributed by atoms with Crippen LogP contribution in [0.4, 0.5) is 21.5 Å². The van der Waals surface area contributed by atoms with E-state index >= 15 is 0 Å². The zero-order chi connectivity index (χ0) is 24.2. The molecule has 0 saturated carbocycles. The van der Waals surface area contributed by atoms with Crippen LogP contribution >= 0.6 is 11.8 Å². The van der Waals surface area contributed by atoms with Crippen molar-refractivity contribution >= 4 is 46.0 Å². The molecule has 7 nitrogen and oxygen atoms in total. The van der Waals surface area contributed by atoms with Crippen LogP contribution in [0.3, 0.4) is 0 Å². The molecule has 0 unspecified atom stereocenters. The van der Waals surface area contributed by atoms with Gasteiger partial charge in [0.25, 0.3) is 5.91 Å². The number of anilines is 2. The molecule has 184 valence electrons. The number of amidine groups is 1. The summed E-state index contributed by atoms with van der Waals surface area (Å²) in [5.41, 5.74) is 3.15. The second-order valence-electron chi connectivity index (χ2n) is 8.48. The number of hydrogen-bond donors (Lipinski definition) is 0. The number of carbonyl (C=O) groups excluding carboxylic acids is 1. The predicted molar refractivity (Wildman–Crippen MR) is 139 cm³/mol. The molecule has 5 rings (SSSR count).